The van der Waals surface area contributed by atoms with E-state index in [4.69, 9.17) is 4.74 Å². The van der Waals surface area contributed by atoms with Crippen molar-refractivity contribution < 1.29 is 13.2 Å². The summed E-state index contributed by atoms with van der Waals surface area (Å²) < 4.78 is 33.9. The van der Waals surface area contributed by atoms with Crippen LogP contribution in [-0.2, 0) is 21.8 Å². The molecule has 8 nitrogen and oxygen atoms in total. The molecule has 118 valence electrons. The molecule has 22 heavy (non-hydrogen) atoms. The first-order chi connectivity index (χ1) is 10.5. The van der Waals surface area contributed by atoms with E-state index in [-0.39, 0.29) is 11.6 Å². The fraction of sp³-hybridized carbons (Fsp3) is 0.462. The van der Waals surface area contributed by atoms with Crippen LogP contribution < -0.4 is 0 Å². The van der Waals surface area contributed by atoms with Crippen molar-refractivity contribution in [3.63, 3.8) is 0 Å². The molecule has 0 bridgehead atoms. The Hall–Kier alpha value is -1.84. The van der Waals surface area contributed by atoms with Crippen LogP contribution in [0.2, 0.25) is 0 Å². The Labute approximate surface area is 128 Å². The fourth-order valence-electron chi connectivity index (χ4n) is 2.33. The molecule has 1 fully saturated rings. The zero-order chi connectivity index (χ0) is 15.7. The number of sulfonamides is 1. The summed E-state index contributed by atoms with van der Waals surface area (Å²) >= 11 is 0. The topological polar surface area (TPSA) is 90.2 Å². The smallest absolute Gasteiger partial charge is 0.262 e. The Balaban J connectivity index is 1.84. The van der Waals surface area contributed by atoms with Crippen LogP contribution >= 0.6 is 0 Å². The lowest BCUT2D eigenvalue weighted by molar-refractivity contribution is -0.00515. The molecule has 9 heteroatoms. The fourth-order valence-corrected chi connectivity index (χ4v) is 3.72. The number of ether oxygens (including phenoxy) is 1. The Morgan fingerprint density at radius 1 is 1.36 bits per heavy atom. The Kier molecular flexibility index (Phi) is 3.94. The van der Waals surface area contributed by atoms with Gasteiger partial charge in [0.2, 0.25) is 0 Å². The minimum atomic E-state index is -3.61. The van der Waals surface area contributed by atoms with Gasteiger partial charge in [0.1, 0.15) is 11.9 Å². The van der Waals surface area contributed by atoms with Crippen LogP contribution in [0.15, 0.2) is 29.8 Å². The molecule has 1 aliphatic rings. The highest BCUT2D eigenvalue weighted by Gasteiger charge is 2.33. The maximum absolute atomic E-state index is 12.6. The molecule has 0 aromatic carbocycles. The number of hydrogen-bond donors (Lipinski definition) is 0. The Morgan fingerprint density at radius 3 is 2.86 bits per heavy atom. The summed E-state index contributed by atoms with van der Waals surface area (Å²) in [5.41, 5.74) is 0.688. The van der Waals surface area contributed by atoms with Crippen LogP contribution in [0.3, 0.4) is 0 Å². The molecular formula is C13H17N5O3S. The number of aromatic nitrogens is 4. The van der Waals surface area contributed by atoms with Gasteiger partial charge in [-0.05, 0) is 13.0 Å². The van der Waals surface area contributed by atoms with Gasteiger partial charge in [-0.1, -0.05) is 0 Å². The monoisotopic (exact) mass is 323 g/mol. The second-order valence-electron chi connectivity index (χ2n) is 5.13. The van der Waals surface area contributed by atoms with E-state index in [9.17, 15) is 8.42 Å². The summed E-state index contributed by atoms with van der Waals surface area (Å²) in [5.74, 6) is 0.630. The van der Waals surface area contributed by atoms with Crippen LogP contribution in [0, 0.1) is 6.92 Å². The number of hydrogen-bond acceptors (Lipinski definition) is 6. The molecule has 1 atom stereocenters. The van der Waals surface area contributed by atoms with E-state index >= 15 is 0 Å². The summed E-state index contributed by atoms with van der Waals surface area (Å²) in [7, 11) is -1.88. The molecule has 0 radical (unpaired) electrons. The molecule has 2 aromatic heterocycles. The summed E-state index contributed by atoms with van der Waals surface area (Å²) in [6.45, 7) is 2.63. The molecule has 1 aliphatic heterocycles. The van der Waals surface area contributed by atoms with Gasteiger partial charge in [-0.3, -0.25) is 0 Å². The van der Waals surface area contributed by atoms with E-state index < -0.39 is 16.1 Å². The molecular weight excluding hydrogens is 306 g/mol. The van der Waals surface area contributed by atoms with Gasteiger partial charge in [-0.15, -0.1) is 0 Å². The Morgan fingerprint density at radius 2 is 2.18 bits per heavy atom. The van der Waals surface area contributed by atoms with Crippen molar-refractivity contribution in [2.75, 3.05) is 19.7 Å². The minimum Gasteiger partial charge on any atom is -0.369 e. The number of morpholine rings is 1. The van der Waals surface area contributed by atoms with Gasteiger partial charge in [0.25, 0.3) is 10.0 Å². The highest BCUT2D eigenvalue weighted by molar-refractivity contribution is 7.89. The lowest BCUT2D eigenvalue weighted by atomic mass is 10.2. The summed E-state index contributed by atoms with van der Waals surface area (Å²) in [4.78, 5) is 12.3. The molecule has 0 amide bonds. The lowest BCUT2D eigenvalue weighted by Crippen LogP contribution is -2.42. The molecule has 3 rings (SSSR count). The molecule has 1 saturated heterocycles. The largest absolute Gasteiger partial charge is 0.369 e. The van der Waals surface area contributed by atoms with Crippen molar-refractivity contribution in [2.45, 2.75) is 18.1 Å². The first-order valence-corrected chi connectivity index (χ1v) is 8.30. The number of nitrogens with zero attached hydrogens (tertiary/aromatic N) is 5. The summed E-state index contributed by atoms with van der Waals surface area (Å²) in [6, 6.07) is 1.74. The van der Waals surface area contributed by atoms with Crippen LogP contribution in [0.4, 0.5) is 0 Å². The first-order valence-electron chi connectivity index (χ1n) is 6.86. The van der Waals surface area contributed by atoms with E-state index in [1.165, 1.54) is 16.8 Å². The molecule has 1 unspecified atom stereocenters. The van der Waals surface area contributed by atoms with Gasteiger partial charge >= 0.3 is 0 Å². The minimum absolute atomic E-state index is 0.0505. The highest BCUT2D eigenvalue weighted by atomic mass is 32.2. The average molecular weight is 323 g/mol. The van der Waals surface area contributed by atoms with Crippen LogP contribution in [0.5, 0.6) is 0 Å². The van der Waals surface area contributed by atoms with Crippen LogP contribution in [0.25, 0.3) is 0 Å². The third-order valence-corrected chi connectivity index (χ3v) is 5.19. The van der Waals surface area contributed by atoms with E-state index in [1.807, 2.05) is 0 Å². The van der Waals surface area contributed by atoms with E-state index in [2.05, 4.69) is 15.0 Å². The predicted molar refractivity (Wildman–Crippen MR) is 77.4 cm³/mol. The summed E-state index contributed by atoms with van der Waals surface area (Å²) in [6.07, 6.45) is 4.22. The van der Waals surface area contributed by atoms with Gasteiger partial charge in [0.15, 0.2) is 5.03 Å². The molecule has 0 aliphatic carbocycles. The van der Waals surface area contributed by atoms with Crippen molar-refractivity contribution in [3.05, 3.63) is 36.3 Å². The standard InChI is InChI=1S/C13H17N5O3S/c1-10-14-4-3-11(16-10)12-7-18(5-6-21-12)22(19,20)13-8-17(2)9-15-13/h3-4,8-9,12H,5-7H2,1-2H3. The summed E-state index contributed by atoms with van der Waals surface area (Å²) in [5, 5.41) is 0.0505. The second kappa shape index (κ2) is 5.75. The number of imidazole rings is 1. The SMILES string of the molecule is Cc1nccc(C2CN(S(=O)(=O)c3cn(C)cn3)CCO2)n1. The van der Waals surface area contributed by atoms with E-state index in [0.29, 0.717) is 24.7 Å². The van der Waals surface area contributed by atoms with Crippen molar-refractivity contribution in [1.29, 1.82) is 0 Å². The van der Waals surface area contributed by atoms with Gasteiger partial charge < -0.3 is 9.30 Å². The van der Waals surface area contributed by atoms with Crippen molar-refractivity contribution in [2.24, 2.45) is 7.05 Å². The third-order valence-electron chi connectivity index (χ3n) is 3.44. The Bertz CT molecular complexity index is 773. The lowest BCUT2D eigenvalue weighted by Gasteiger charge is -2.31. The van der Waals surface area contributed by atoms with Crippen molar-refractivity contribution >= 4 is 10.0 Å². The molecule has 0 spiro atoms. The van der Waals surface area contributed by atoms with Crippen molar-refractivity contribution in [1.82, 2.24) is 23.8 Å². The molecule has 0 saturated carbocycles. The maximum atomic E-state index is 12.6. The highest BCUT2D eigenvalue weighted by Crippen LogP contribution is 2.24. The van der Waals surface area contributed by atoms with Crippen LogP contribution in [0.1, 0.15) is 17.6 Å². The second-order valence-corrected chi connectivity index (χ2v) is 7.01. The van der Waals surface area contributed by atoms with Crippen LogP contribution in [-0.4, -0.2) is 51.9 Å². The number of rotatable bonds is 3. The zero-order valence-corrected chi connectivity index (χ0v) is 13.2. The molecule has 0 N–H and O–H groups in total. The van der Waals surface area contributed by atoms with Crippen molar-refractivity contribution in [3.8, 4) is 0 Å². The average Bonchev–Trinajstić information content (AvgIpc) is 2.95. The zero-order valence-electron chi connectivity index (χ0n) is 12.4. The number of aryl methyl sites for hydroxylation is 2. The third kappa shape index (κ3) is 2.87. The van der Waals surface area contributed by atoms with Gasteiger partial charge in [0.05, 0.1) is 18.6 Å². The first kappa shape index (κ1) is 15.1. The normalized spacial score (nSPS) is 20.2. The van der Waals surface area contributed by atoms with Gasteiger partial charge in [-0.25, -0.2) is 23.4 Å². The van der Waals surface area contributed by atoms with Gasteiger partial charge in [-0.2, -0.15) is 4.31 Å². The van der Waals surface area contributed by atoms with Gasteiger partial charge in [0, 0.05) is 32.5 Å². The van der Waals surface area contributed by atoms with E-state index in [1.54, 1.807) is 30.8 Å². The quantitative estimate of drug-likeness (QED) is 0.806. The maximum Gasteiger partial charge on any atom is 0.262 e. The van der Waals surface area contributed by atoms with E-state index in [0.717, 1.165) is 0 Å². The molecule has 3 heterocycles. The predicted octanol–water partition coefficient (Wildman–Crippen LogP) is 0.281. The molecule has 2 aromatic rings.